The van der Waals surface area contributed by atoms with Crippen molar-refractivity contribution in [2.24, 2.45) is 0 Å². The molecule has 132 valence electrons. The molecule has 0 saturated heterocycles. The molecule has 0 spiro atoms. The third-order valence-corrected chi connectivity index (χ3v) is 3.70. The van der Waals surface area contributed by atoms with E-state index in [0.717, 1.165) is 17.7 Å². The van der Waals surface area contributed by atoms with Crippen LogP contribution in [0.1, 0.15) is 45.1 Å². The van der Waals surface area contributed by atoms with Gasteiger partial charge >= 0.3 is 6.09 Å². The molecule has 2 N–H and O–H groups in total. The van der Waals surface area contributed by atoms with Gasteiger partial charge in [-0.1, -0.05) is 18.2 Å². The summed E-state index contributed by atoms with van der Waals surface area (Å²) in [6.45, 7) is 5.64. The lowest BCUT2D eigenvalue weighted by atomic mass is 10.1. The minimum absolute atomic E-state index is 0.0755. The molecule has 2 atom stereocenters. The molecule has 0 bridgehead atoms. The molecule has 24 heavy (non-hydrogen) atoms. The Labute approximate surface area is 142 Å². The second kappa shape index (κ2) is 7.55. The van der Waals surface area contributed by atoms with Crippen molar-refractivity contribution in [2.45, 2.75) is 51.2 Å². The minimum Gasteiger partial charge on any atom is -0.496 e. The van der Waals surface area contributed by atoms with Crippen LogP contribution in [0.15, 0.2) is 24.3 Å². The number of rotatable bonds is 6. The Morgan fingerprint density at radius 2 is 1.96 bits per heavy atom. The summed E-state index contributed by atoms with van der Waals surface area (Å²) >= 11 is 0. The SMILES string of the molecule is COc1ccccc1[C@H]1C[C@@H]1NC(=O)CCNC(=O)OC(C)(C)C. The summed E-state index contributed by atoms with van der Waals surface area (Å²) in [5.74, 6) is 1.07. The van der Waals surface area contributed by atoms with E-state index >= 15 is 0 Å². The molecule has 1 fully saturated rings. The van der Waals surface area contributed by atoms with Crippen LogP contribution in [0, 0.1) is 0 Å². The predicted molar refractivity (Wildman–Crippen MR) is 91.1 cm³/mol. The molecule has 2 rings (SSSR count). The average Bonchev–Trinajstić information content (AvgIpc) is 3.24. The molecule has 0 heterocycles. The van der Waals surface area contributed by atoms with E-state index in [1.165, 1.54) is 0 Å². The molecule has 6 heteroatoms. The van der Waals surface area contributed by atoms with Crippen molar-refractivity contribution in [3.8, 4) is 5.75 Å². The third kappa shape index (κ3) is 5.44. The lowest BCUT2D eigenvalue weighted by Gasteiger charge is -2.19. The fourth-order valence-electron chi connectivity index (χ4n) is 2.54. The predicted octanol–water partition coefficient (Wildman–Crippen LogP) is 2.58. The van der Waals surface area contributed by atoms with E-state index in [-0.39, 0.29) is 24.9 Å². The summed E-state index contributed by atoms with van der Waals surface area (Å²) in [6.07, 6.45) is 0.633. The maximum Gasteiger partial charge on any atom is 0.407 e. The average molecular weight is 334 g/mol. The Kier molecular flexibility index (Phi) is 5.70. The van der Waals surface area contributed by atoms with E-state index in [2.05, 4.69) is 10.6 Å². The van der Waals surface area contributed by atoms with E-state index in [1.54, 1.807) is 27.9 Å². The molecule has 1 saturated carbocycles. The molecule has 1 aromatic rings. The number of hydrogen-bond donors (Lipinski definition) is 2. The van der Waals surface area contributed by atoms with Crippen LogP contribution in [-0.2, 0) is 9.53 Å². The molecular weight excluding hydrogens is 308 g/mol. The van der Waals surface area contributed by atoms with Crippen LogP contribution in [0.5, 0.6) is 5.75 Å². The Hall–Kier alpha value is -2.24. The lowest BCUT2D eigenvalue weighted by molar-refractivity contribution is -0.121. The van der Waals surface area contributed by atoms with Crippen LogP contribution >= 0.6 is 0 Å². The number of hydrogen-bond acceptors (Lipinski definition) is 4. The van der Waals surface area contributed by atoms with Gasteiger partial charge in [0.05, 0.1) is 7.11 Å². The van der Waals surface area contributed by atoms with Gasteiger partial charge in [-0.05, 0) is 38.8 Å². The highest BCUT2D eigenvalue weighted by atomic mass is 16.6. The second-order valence-electron chi connectivity index (χ2n) is 6.94. The summed E-state index contributed by atoms with van der Waals surface area (Å²) < 4.78 is 10.5. The summed E-state index contributed by atoms with van der Waals surface area (Å²) in [5, 5.41) is 5.57. The Bertz CT molecular complexity index is 595. The Morgan fingerprint density at radius 1 is 1.25 bits per heavy atom. The van der Waals surface area contributed by atoms with E-state index in [4.69, 9.17) is 9.47 Å². The monoisotopic (exact) mass is 334 g/mol. The number of nitrogens with one attached hydrogen (secondary N) is 2. The van der Waals surface area contributed by atoms with Gasteiger partial charge in [0.15, 0.2) is 0 Å². The molecule has 0 aliphatic heterocycles. The van der Waals surface area contributed by atoms with Crippen LogP contribution < -0.4 is 15.4 Å². The number of amides is 2. The zero-order valence-electron chi connectivity index (χ0n) is 14.7. The van der Waals surface area contributed by atoms with Gasteiger partial charge in [0, 0.05) is 24.9 Å². The van der Waals surface area contributed by atoms with Crippen molar-refractivity contribution in [2.75, 3.05) is 13.7 Å². The van der Waals surface area contributed by atoms with Crippen molar-refractivity contribution in [1.29, 1.82) is 0 Å². The molecule has 0 aromatic heterocycles. The quantitative estimate of drug-likeness (QED) is 0.838. The summed E-state index contributed by atoms with van der Waals surface area (Å²) in [7, 11) is 1.65. The zero-order chi connectivity index (χ0) is 17.7. The fraction of sp³-hybridized carbons (Fsp3) is 0.556. The largest absolute Gasteiger partial charge is 0.496 e. The number of alkyl carbamates (subject to hydrolysis) is 1. The number of ether oxygens (including phenoxy) is 2. The van der Waals surface area contributed by atoms with Gasteiger partial charge in [-0.25, -0.2) is 4.79 Å². The highest BCUT2D eigenvalue weighted by molar-refractivity contribution is 5.78. The van der Waals surface area contributed by atoms with E-state index in [9.17, 15) is 9.59 Å². The Balaban J connectivity index is 1.70. The highest BCUT2D eigenvalue weighted by Crippen LogP contribution is 2.44. The van der Waals surface area contributed by atoms with Crippen molar-refractivity contribution in [1.82, 2.24) is 10.6 Å². The van der Waals surface area contributed by atoms with Gasteiger partial charge in [-0.15, -0.1) is 0 Å². The number of benzene rings is 1. The van der Waals surface area contributed by atoms with Crippen molar-refractivity contribution in [3.63, 3.8) is 0 Å². The molecule has 6 nitrogen and oxygen atoms in total. The molecule has 2 amide bonds. The Morgan fingerprint density at radius 3 is 2.62 bits per heavy atom. The standard InChI is InChI=1S/C18H26N2O4/c1-18(2,3)24-17(22)19-10-9-16(21)20-14-11-13(14)12-7-5-6-8-15(12)23-4/h5-8,13-14H,9-11H2,1-4H3,(H,19,22)(H,20,21)/t13-,14+/m1/s1. The summed E-state index contributed by atoms with van der Waals surface area (Å²) in [4.78, 5) is 23.5. The molecule has 1 aliphatic rings. The molecular formula is C18H26N2O4. The lowest BCUT2D eigenvalue weighted by Crippen LogP contribution is -2.35. The normalized spacial score (nSPS) is 19.3. The van der Waals surface area contributed by atoms with Crippen LogP contribution in [0.25, 0.3) is 0 Å². The third-order valence-electron chi connectivity index (χ3n) is 3.70. The van der Waals surface area contributed by atoms with Crippen molar-refractivity contribution >= 4 is 12.0 Å². The first-order valence-corrected chi connectivity index (χ1v) is 8.19. The van der Waals surface area contributed by atoms with Gasteiger partial charge in [-0.3, -0.25) is 4.79 Å². The maximum atomic E-state index is 12.0. The smallest absolute Gasteiger partial charge is 0.407 e. The van der Waals surface area contributed by atoms with Gasteiger partial charge in [0.25, 0.3) is 0 Å². The molecule has 0 radical (unpaired) electrons. The topological polar surface area (TPSA) is 76.7 Å². The molecule has 0 unspecified atom stereocenters. The van der Waals surface area contributed by atoms with Crippen LogP contribution in [-0.4, -0.2) is 37.3 Å². The van der Waals surface area contributed by atoms with E-state index in [1.807, 2.05) is 24.3 Å². The van der Waals surface area contributed by atoms with E-state index in [0.29, 0.717) is 5.92 Å². The second-order valence-corrected chi connectivity index (χ2v) is 6.94. The van der Waals surface area contributed by atoms with Crippen molar-refractivity contribution in [3.05, 3.63) is 29.8 Å². The summed E-state index contributed by atoms with van der Waals surface area (Å²) in [5.41, 5.74) is 0.583. The van der Waals surface area contributed by atoms with Gasteiger partial charge in [0.2, 0.25) is 5.91 Å². The summed E-state index contributed by atoms with van der Waals surface area (Å²) in [6, 6.07) is 7.99. The van der Waals surface area contributed by atoms with Crippen LogP contribution in [0.4, 0.5) is 4.79 Å². The number of para-hydroxylation sites is 1. The fourth-order valence-corrected chi connectivity index (χ4v) is 2.54. The van der Waals surface area contributed by atoms with Crippen molar-refractivity contribution < 1.29 is 19.1 Å². The van der Waals surface area contributed by atoms with Gasteiger partial charge in [-0.2, -0.15) is 0 Å². The zero-order valence-corrected chi connectivity index (χ0v) is 14.7. The first-order valence-electron chi connectivity index (χ1n) is 8.19. The van der Waals surface area contributed by atoms with Crippen LogP contribution in [0.3, 0.4) is 0 Å². The highest BCUT2D eigenvalue weighted by Gasteiger charge is 2.40. The van der Waals surface area contributed by atoms with Crippen LogP contribution in [0.2, 0.25) is 0 Å². The minimum atomic E-state index is -0.539. The number of methoxy groups -OCH3 is 1. The number of carbonyl (C=O) groups is 2. The van der Waals surface area contributed by atoms with Gasteiger partial charge < -0.3 is 20.1 Å². The number of carbonyl (C=O) groups excluding carboxylic acids is 2. The molecule has 1 aromatic carbocycles. The maximum absolute atomic E-state index is 12.0. The molecule has 1 aliphatic carbocycles. The van der Waals surface area contributed by atoms with Gasteiger partial charge in [0.1, 0.15) is 11.4 Å². The first-order chi connectivity index (χ1) is 11.3. The van der Waals surface area contributed by atoms with E-state index < -0.39 is 11.7 Å². The first kappa shape index (κ1) is 18.1.